The lowest BCUT2D eigenvalue weighted by Gasteiger charge is -2.25. The van der Waals surface area contributed by atoms with Crippen molar-refractivity contribution in [3.63, 3.8) is 0 Å². The van der Waals surface area contributed by atoms with Crippen molar-refractivity contribution in [2.45, 2.75) is 5.92 Å². The Morgan fingerprint density at radius 3 is 2.31 bits per heavy atom. The highest BCUT2D eigenvalue weighted by atomic mass is 32.1. The van der Waals surface area contributed by atoms with E-state index in [1.54, 1.807) is 40.4 Å². The van der Waals surface area contributed by atoms with E-state index >= 15 is 0 Å². The average molecular weight is 533 g/mol. The second-order valence-corrected chi connectivity index (χ2v) is 9.75. The third-order valence-corrected chi connectivity index (χ3v) is 7.41. The van der Waals surface area contributed by atoms with Gasteiger partial charge in [-0.1, -0.05) is 42.5 Å². The van der Waals surface area contributed by atoms with Gasteiger partial charge in [0, 0.05) is 10.9 Å². The SMILES string of the molecule is O=C1NC(=S)C(c2ccc(Oc3ccccc3)cc2)C(=O)C1=Cc1cscc1-c1cscc1[N+](=O)[O-]. The zero-order valence-electron chi connectivity index (χ0n) is 18.4. The molecule has 1 fully saturated rings. The number of nitro groups is 1. The largest absolute Gasteiger partial charge is 0.457 e. The highest BCUT2D eigenvalue weighted by Crippen LogP contribution is 2.38. The number of ketones is 1. The molecule has 0 saturated carbocycles. The van der Waals surface area contributed by atoms with Crippen molar-refractivity contribution >= 4 is 63.3 Å². The van der Waals surface area contributed by atoms with Crippen LogP contribution in [-0.4, -0.2) is 21.6 Å². The fourth-order valence-corrected chi connectivity index (χ4v) is 5.79. The highest BCUT2D eigenvalue weighted by Gasteiger charge is 2.37. The second-order valence-electron chi connectivity index (χ2n) is 7.83. The fourth-order valence-electron chi connectivity index (χ4n) is 3.86. The maximum absolute atomic E-state index is 13.5. The summed E-state index contributed by atoms with van der Waals surface area (Å²) >= 11 is 7.90. The van der Waals surface area contributed by atoms with Crippen LogP contribution in [0, 0.1) is 10.1 Å². The summed E-state index contributed by atoms with van der Waals surface area (Å²) in [7, 11) is 0. The predicted molar refractivity (Wildman–Crippen MR) is 144 cm³/mol. The van der Waals surface area contributed by atoms with Crippen LogP contribution in [0.5, 0.6) is 11.5 Å². The lowest BCUT2D eigenvalue weighted by atomic mass is 9.86. The van der Waals surface area contributed by atoms with Gasteiger partial charge < -0.3 is 10.1 Å². The third-order valence-electron chi connectivity index (χ3n) is 5.58. The number of carbonyl (C=O) groups is 2. The van der Waals surface area contributed by atoms with Crippen LogP contribution in [0.25, 0.3) is 17.2 Å². The summed E-state index contributed by atoms with van der Waals surface area (Å²) in [5, 5.41) is 20.7. The van der Waals surface area contributed by atoms with Gasteiger partial charge in [-0.2, -0.15) is 11.3 Å². The summed E-state index contributed by atoms with van der Waals surface area (Å²) < 4.78 is 5.81. The number of Topliss-reactive ketones (excluding diaryl/α,β-unsaturated/α-hetero) is 1. The molecular weight excluding hydrogens is 516 g/mol. The van der Waals surface area contributed by atoms with E-state index in [0.717, 1.165) is 0 Å². The normalized spacial score (nSPS) is 16.7. The summed E-state index contributed by atoms with van der Waals surface area (Å²) in [5.41, 5.74) is 2.13. The first-order valence-electron chi connectivity index (χ1n) is 10.6. The van der Waals surface area contributed by atoms with Crippen LogP contribution in [0.1, 0.15) is 17.0 Å². The molecule has 1 N–H and O–H groups in total. The van der Waals surface area contributed by atoms with Crippen LogP contribution in [0.4, 0.5) is 5.69 Å². The summed E-state index contributed by atoms with van der Waals surface area (Å²) in [6, 6.07) is 16.3. The van der Waals surface area contributed by atoms with Crippen molar-refractivity contribution in [1.82, 2.24) is 5.32 Å². The molecular formula is C26H16N2O5S3. The summed E-state index contributed by atoms with van der Waals surface area (Å²) in [5.74, 6) is -0.587. The lowest BCUT2D eigenvalue weighted by Crippen LogP contribution is -2.45. The van der Waals surface area contributed by atoms with Crippen LogP contribution >= 0.6 is 34.9 Å². The molecule has 1 unspecified atom stereocenters. The number of hydrogen-bond donors (Lipinski definition) is 1. The van der Waals surface area contributed by atoms with E-state index in [9.17, 15) is 19.7 Å². The number of carbonyl (C=O) groups excluding carboxylic acids is 2. The van der Waals surface area contributed by atoms with Gasteiger partial charge in [0.25, 0.3) is 11.6 Å². The van der Waals surface area contributed by atoms with Crippen molar-refractivity contribution in [2.75, 3.05) is 0 Å². The van der Waals surface area contributed by atoms with E-state index in [2.05, 4.69) is 5.32 Å². The van der Waals surface area contributed by atoms with Gasteiger partial charge in [0.2, 0.25) is 0 Å². The number of hydrogen-bond acceptors (Lipinski definition) is 8. The number of nitrogens with one attached hydrogen (secondary N) is 1. The number of rotatable bonds is 6. The van der Waals surface area contributed by atoms with Crippen LogP contribution in [-0.2, 0) is 9.59 Å². The Labute approximate surface area is 218 Å². The number of ether oxygens (including phenoxy) is 1. The Morgan fingerprint density at radius 1 is 0.917 bits per heavy atom. The molecule has 7 nitrogen and oxygen atoms in total. The summed E-state index contributed by atoms with van der Waals surface area (Å²) in [6.45, 7) is 0. The highest BCUT2D eigenvalue weighted by molar-refractivity contribution is 7.80. The van der Waals surface area contributed by atoms with Crippen molar-refractivity contribution in [2.24, 2.45) is 0 Å². The molecule has 2 aromatic carbocycles. The number of benzene rings is 2. The van der Waals surface area contributed by atoms with Gasteiger partial charge in [-0.15, -0.1) is 11.3 Å². The molecule has 3 heterocycles. The topological polar surface area (TPSA) is 98.5 Å². The Balaban J connectivity index is 1.45. The molecule has 0 bridgehead atoms. The van der Waals surface area contributed by atoms with Gasteiger partial charge >= 0.3 is 0 Å². The maximum Gasteiger partial charge on any atom is 0.287 e. The number of nitrogens with zero attached hydrogens (tertiary/aromatic N) is 1. The third kappa shape index (κ3) is 4.61. The molecule has 5 rings (SSSR count). The molecule has 1 aliphatic heterocycles. The molecule has 2 aromatic heterocycles. The zero-order chi connectivity index (χ0) is 25.2. The Bertz CT molecular complexity index is 1520. The number of thiophene rings is 2. The molecule has 4 aromatic rings. The van der Waals surface area contributed by atoms with Gasteiger partial charge in [0.15, 0.2) is 5.78 Å². The van der Waals surface area contributed by atoms with E-state index in [-0.39, 0.29) is 16.2 Å². The minimum Gasteiger partial charge on any atom is -0.457 e. The molecule has 0 aliphatic carbocycles. The quantitative estimate of drug-likeness (QED) is 0.102. The average Bonchev–Trinajstić information content (AvgIpc) is 3.53. The molecule has 0 spiro atoms. The zero-order valence-corrected chi connectivity index (χ0v) is 20.8. The molecule has 1 aliphatic rings. The molecule has 1 atom stereocenters. The number of amides is 1. The lowest BCUT2D eigenvalue weighted by molar-refractivity contribution is -0.383. The predicted octanol–water partition coefficient (Wildman–Crippen LogP) is 6.37. The van der Waals surface area contributed by atoms with Gasteiger partial charge in [0.1, 0.15) is 11.5 Å². The van der Waals surface area contributed by atoms with Crippen molar-refractivity contribution in [3.05, 3.63) is 103 Å². The van der Waals surface area contributed by atoms with Crippen LogP contribution < -0.4 is 10.1 Å². The Hall–Kier alpha value is -3.99. The van der Waals surface area contributed by atoms with Crippen molar-refractivity contribution in [3.8, 4) is 22.6 Å². The van der Waals surface area contributed by atoms with Gasteiger partial charge in [0.05, 0.1) is 32.3 Å². The Kier molecular flexibility index (Phi) is 6.55. The summed E-state index contributed by atoms with van der Waals surface area (Å²) in [6.07, 6.45) is 1.48. The number of thiocarbonyl (C=S) groups is 1. The second kappa shape index (κ2) is 9.94. The molecule has 36 heavy (non-hydrogen) atoms. The van der Waals surface area contributed by atoms with Gasteiger partial charge in [-0.05, 0) is 52.2 Å². The number of piperidine rings is 1. The first kappa shape index (κ1) is 23.7. The van der Waals surface area contributed by atoms with E-state index in [1.807, 2.05) is 30.3 Å². The van der Waals surface area contributed by atoms with E-state index in [4.69, 9.17) is 17.0 Å². The molecule has 1 amide bonds. The van der Waals surface area contributed by atoms with Crippen molar-refractivity contribution in [1.29, 1.82) is 0 Å². The Morgan fingerprint density at radius 2 is 1.58 bits per heavy atom. The molecule has 0 radical (unpaired) electrons. The summed E-state index contributed by atoms with van der Waals surface area (Å²) in [4.78, 5) is 37.3. The molecule has 178 valence electrons. The molecule has 10 heteroatoms. The van der Waals surface area contributed by atoms with E-state index in [0.29, 0.717) is 33.8 Å². The fraction of sp³-hybridized carbons (Fsp3) is 0.0385. The van der Waals surface area contributed by atoms with E-state index < -0.39 is 22.5 Å². The number of para-hydroxylation sites is 1. The van der Waals surface area contributed by atoms with Crippen LogP contribution in [0.15, 0.2) is 81.7 Å². The molecule has 1 saturated heterocycles. The first-order chi connectivity index (χ1) is 17.4. The van der Waals surface area contributed by atoms with Gasteiger partial charge in [-0.25, -0.2) is 0 Å². The monoisotopic (exact) mass is 532 g/mol. The van der Waals surface area contributed by atoms with Gasteiger partial charge in [-0.3, -0.25) is 19.7 Å². The van der Waals surface area contributed by atoms with Crippen LogP contribution in [0.2, 0.25) is 0 Å². The minimum atomic E-state index is -0.840. The first-order valence-corrected chi connectivity index (χ1v) is 12.9. The van der Waals surface area contributed by atoms with Crippen LogP contribution in [0.3, 0.4) is 0 Å². The minimum absolute atomic E-state index is 0.0191. The smallest absolute Gasteiger partial charge is 0.287 e. The van der Waals surface area contributed by atoms with E-state index in [1.165, 1.54) is 34.1 Å². The van der Waals surface area contributed by atoms with Crippen molar-refractivity contribution < 1.29 is 19.2 Å². The maximum atomic E-state index is 13.5. The standard InChI is InChI=1S/C26H16N2O5S3/c29-24-19(10-16-11-35-12-20(16)21-13-36-14-22(21)28(31)32)25(30)27-26(34)23(24)15-6-8-18(9-7-15)33-17-4-2-1-3-5-17/h1-14,23H,(H,27,30,34).